The molecule has 0 saturated carbocycles. The lowest BCUT2D eigenvalue weighted by Gasteiger charge is -2.34. The topological polar surface area (TPSA) is 25.9 Å². The van der Waals surface area contributed by atoms with Crippen molar-refractivity contribution in [1.82, 2.24) is 0 Å². The third kappa shape index (κ3) is 6.62. The van der Waals surface area contributed by atoms with E-state index in [9.17, 15) is 0 Å². The van der Waals surface area contributed by atoms with Crippen LogP contribution in [0.1, 0.15) is 0 Å². The van der Waals surface area contributed by atoms with Crippen LogP contribution in [0.4, 0.5) is 68.2 Å². The summed E-state index contributed by atoms with van der Waals surface area (Å²) in [7, 11) is 9.13. The summed E-state index contributed by atoms with van der Waals surface area (Å²) in [6.45, 7) is -0.762. The Kier molecular flexibility index (Phi) is 10.4. The van der Waals surface area contributed by atoms with Gasteiger partial charge < -0.3 is 38.5 Å². The van der Waals surface area contributed by atoms with E-state index in [0.29, 0.717) is 0 Å². The molecule has 0 aromatic heterocycles. The molecule has 4 aliphatic heterocycles. The molecule has 8 nitrogen and oxygen atoms in total. The summed E-state index contributed by atoms with van der Waals surface area (Å²) in [5.41, 5.74) is 19.2. The number of anilines is 12. The second-order valence-electron chi connectivity index (χ2n) is 21.9. The van der Waals surface area contributed by atoms with Gasteiger partial charge in [0.05, 0.1) is 22.7 Å². The van der Waals surface area contributed by atoms with Crippen LogP contribution in [0, 0.1) is 0 Å². The van der Waals surface area contributed by atoms with Crippen LogP contribution in [0.3, 0.4) is 0 Å². The minimum atomic E-state index is -0.190. The Labute approximate surface area is 469 Å². The van der Waals surface area contributed by atoms with E-state index in [4.69, 9.17) is 0 Å². The quantitative estimate of drug-likeness (QED) is 0.110. The molecule has 0 fully saturated rings. The number of para-hydroxylation sites is 12. The van der Waals surface area contributed by atoms with Crippen molar-refractivity contribution in [3.05, 3.63) is 255 Å². The average molecular weight is 1030 g/mol. The zero-order valence-electron chi connectivity index (χ0n) is 45.1. The summed E-state index contributed by atoms with van der Waals surface area (Å²) in [5, 5.41) is 7.52. The molecule has 0 spiro atoms. The molecule has 4 heterocycles. The van der Waals surface area contributed by atoms with Crippen molar-refractivity contribution in [2.24, 2.45) is 0 Å². The van der Waals surface area contributed by atoms with Gasteiger partial charge in [0.2, 0.25) is 0 Å². The first-order valence-corrected chi connectivity index (χ1v) is 27.9. The number of hydrogen-bond acceptors (Lipinski definition) is 8. The maximum atomic E-state index is 2.58. The van der Waals surface area contributed by atoms with Crippen LogP contribution < -0.4 is 60.3 Å². The van der Waals surface area contributed by atoms with Crippen molar-refractivity contribution in [2.45, 2.75) is 0 Å². The van der Waals surface area contributed by atoms with Crippen molar-refractivity contribution in [2.75, 3.05) is 66.7 Å². The van der Waals surface area contributed by atoms with Crippen molar-refractivity contribution >= 4 is 150 Å². The normalized spacial score (nSPS) is 14.7. The SMILES string of the molecule is CN1B(c2cc(B3N(C)c4ccccc4N3c3ccccc3)c3ccc4c(B5N(C)c6ccccc6N5c5ccccc5)cc(B5N(C)c6ccccc6N5c5ccccc5)c5ccc2c3c54)N(c2ccccc2)c2ccccc21. The fourth-order valence-electron chi connectivity index (χ4n) is 14.4. The van der Waals surface area contributed by atoms with Crippen molar-refractivity contribution in [3.8, 4) is 0 Å². The molecular formula is C68H54B4N8. The monoisotopic (exact) mass is 1030 g/mol. The van der Waals surface area contributed by atoms with Gasteiger partial charge in [-0.25, -0.2) is 0 Å². The van der Waals surface area contributed by atoms with Crippen LogP contribution in [0.25, 0.3) is 32.3 Å². The Bertz CT molecular complexity index is 3820. The fourth-order valence-corrected chi connectivity index (χ4v) is 14.4. The highest BCUT2D eigenvalue weighted by molar-refractivity contribution is 6.91. The Morgan fingerprint density at radius 1 is 0.212 bits per heavy atom. The molecule has 0 radical (unpaired) electrons. The summed E-state index contributed by atoms with van der Waals surface area (Å²) in [6.07, 6.45) is 0. The van der Waals surface area contributed by atoms with E-state index in [2.05, 4.69) is 321 Å². The lowest BCUT2D eigenvalue weighted by atomic mass is 9.55. The van der Waals surface area contributed by atoms with E-state index in [0.717, 1.165) is 22.7 Å². The molecule has 0 N–H and O–H groups in total. The Morgan fingerprint density at radius 2 is 0.400 bits per heavy atom. The maximum absolute atomic E-state index is 2.58. The molecule has 0 aliphatic carbocycles. The molecular weight excluding hydrogens is 972 g/mol. The summed E-state index contributed by atoms with van der Waals surface area (Å²) in [5.74, 6) is 0. The minimum Gasteiger partial charge on any atom is -0.393 e. The van der Waals surface area contributed by atoms with E-state index in [1.54, 1.807) is 0 Å². The van der Waals surface area contributed by atoms with Gasteiger partial charge in [0.1, 0.15) is 0 Å². The molecule has 378 valence electrons. The van der Waals surface area contributed by atoms with Crippen LogP contribution in [0.2, 0.25) is 0 Å². The highest BCUT2D eigenvalue weighted by Gasteiger charge is 2.49. The van der Waals surface area contributed by atoms with Crippen molar-refractivity contribution in [3.63, 3.8) is 0 Å². The van der Waals surface area contributed by atoms with Gasteiger partial charge in [-0.05, 0) is 179 Å². The van der Waals surface area contributed by atoms with Crippen LogP contribution in [-0.4, -0.2) is 56.1 Å². The summed E-state index contributed by atoms with van der Waals surface area (Å²) in [4.78, 5) is 20.3. The second-order valence-corrected chi connectivity index (χ2v) is 21.9. The molecule has 0 amide bonds. The molecule has 12 heteroatoms. The first-order valence-electron chi connectivity index (χ1n) is 27.9. The minimum absolute atomic E-state index is 0.190. The van der Waals surface area contributed by atoms with Crippen LogP contribution in [-0.2, 0) is 0 Å². The zero-order chi connectivity index (χ0) is 53.3. The highest BCUT2D eigenvalue weighted by Crippen LogP contribution is 2.48. The standard InChI is InChI=1S/C68H54B4N8/c1-73-59-33-17-21-37-63(59)77(47-25-9-5-10-26-47)69(73)55-45-56(70-74(2)60-34-18-22-38-64(60)78(70)48-27-11-6-12-28-48)52-43-44-54-58(72-76(4)62-36-20-24-40-66(62)80(72)50-31-15-8-16-32-50)46-57(53-42-41-51(55)67(52)68(53)54)71-75(3)61-35-19-23-39-65(61)79(71)49-29-13-7-14-30-49/h5-46H,1-4H3. The maximum Gasteiger partial charge on any atom is 0.416 e. The lowest BCUT2D eigenvalue weighted by Crippen LogP contribution is -2.59. The lowest BCUT2D eigenvalue weighted by molar-refractivity contribution is 1.33. The number of nitrogens with zero attached hydrogens (tertiary/aromatic N) is 8. The van der Waals surface area contributed by atoms with E-state index in [1.165, 1.54) is 99.7 Å². The third-order valence-corrected chi connectivity index (χ3v) is 17.8. The Morgan fingerprint density at radius 3 is 0.613 bits per heavy atom. The van der Waals surface area contributed by atoms with Gasteiger partial charge in [0, 0.05) is 45.5 Å². The molecule has 12 aromatic rings. The first-order chi connectivity index (χ1) is 39.4. The van der Waals surface area contributed by atoms with Crippen molar-refractivity contribution < 1.29 is 0 Å². The van der Waals surface area contributed by atoms with Crippen molar-refractivity contribution in [1.29, 1.82) is 0 Å². The van der Waals surface area contributed by atoms with E-state index >= 15 is 0 Å². The van der Waals surface area contributed by atoms with Crippen LogP contribution >= 0.6 is 0 Å². The van der Waals surface area contributed by atoms with E-state index in [1.807, 2.05) is 0 Å². The van der Waals surface area contributed by atoms with Gasteiger partial charge in [0.25, 0.3) is 0 Å². The average Bonchev–Trinajstić information content (AvgIpc) is 4.37. The highest BCUT2D eigenvalue weighted by atomic mass is 15.3. The molecule has 16 rings (SSSR count). The molecule has 80 heavy (non-hydrogen) atoms. The number of rotatable bonds is 8. The third-order valence-electron chi connectivity index (χ3n) is 17.8. The number of benzene rings is 12. The zero-order valence-corrected chi connectivity index (χ0v) is 45.1. The van der Waals surface area contributed by atoms with E-state index in [-0.39, 0.29) is 27.9 Å². The first kappa shape index (κ1) is 46.4. The van der Waals surface area contributed by atoms with Crippen LogP contribution in [0.5, 0.6) is 0 Å². The smallest absolute Gasteiger partial charge is 0.393 e. The van der Waals surface area contributed by atoms with E-state index < -0.39 is 0 Å². The number of hydrogen-bond donors (Lipinski definition) is 0. The Balaban J connectivity index is 1.05. The van der Waals surface area contributed by atoms with Gasteiger partial charge in [-0.15, -0.1) is 0 Å². The largest absolute Gasteiger partial charge is 0.416 e. The predicted octanol–water partition coefficient (Wildman–Crippen LogP) is 12.5. The molecule has 0 unspecified atom stereocenters. The summed E-state index contributed by atoms with van der Waals surface area (Å²) >= 11 is 0. The fraction of sp³-hybridized carbons (Fsp3) is 0.0588. The molecule has 4 aliphatic rings. The molecule has 0 atom stereocenters. The molecule has 12 aromatic carbocycles. The van der Waals surface area contributed by atoms with Crippen LogP contribution in [0.15, 0.2) is 255 Å². The molecule has 0 bridgehead atoms. The molecule has 0 saturated heterocycles. The predicted molar refractivity (Wildman–Crippen MR) is 345 cm³/mol. The number of fused-ring (bicyclic) bond motifs is 4. The van der Waals surface area contributed by atoms with Gasteiger partial charge in [0.15, 0.2) is 0 Å². The summed E-state index contributed by atoms with van der Waals surface area (Å²) < 4.78 is 0. The second kappa shape index (κ2) is 17.9. The van der Waals surface area contributed by atoms with Gasteiger partial charge in [-0.3, -0.25) is 0 Å². The Hall–Kier alpha value is -9.66. The van der Waals surface area contributed by atoms with Gasteiger partial charge in [-0.1, -0.05) is 158 Å². The van der Waals surface area contributed by atoms with Gasteiger partial charge in [-0.2, -0.15) is 0 Å². The summed E-state index contributed by atoms with van der Waals surface area (Å²) in [6, 6.07) is 94.7. The van der Waals surface area contributed by atoms with Gasteiger partial charge >= 0.3 is 27.9 Å².